The van der Waals surface area contributed by atoms with Gasteiger partial charge >= 0.3 is 0 Å². The van der Waals surface area contributed by atoms with Crippen LogP contribution in [0.15, 0.2) is 101 Å². The summed E-state index contributed by atoms with van der Waals surface area (Å²) in [7, 11) is -2.64. The number of rotatable bonds is 8. The number of nitrogens with zero attached hydrogens (tertiary/aromatic N) is 2. The first kappa shape index (κ1) is 28.0. The first-order valence-corrected chi connectivity index (χ1v) is 14.9. The van der Waals surface area contributed by atoms with Gasteiger partial charge in [0.25, 0.3) is 16.0 Å². The van der Waals surface area contributed by atoms with Crippen molar-refractivity contribution in [2.24, 2.45) is 10.2 Å². The number of methoxy groups -OCH3 is 1. The van der Waals surface area contributed by atoms with Gasteiger partial charge in [0.2, 0.25) is 0 Å². The molecule has 6 rings (SSSR count). The van der Waals surface area contributed by atoms with Crippen LogP contribution in [0.2, 0.25) is 0 Å². The van der Waals surface area contributed by atoms with Crippen LogP contribution in [0.4, 0.5) is 17.1 Å². The van der Waals surface area contributed by atoms with Gasteiger partial charge in [-0.3, -0.25) is 9.35 Å². The van der Waals surface area contributed by atoms with Gasteiger partial charge in [0.15, 0.2) is 5.75 Å². The summed E-state index contributed by atoms with van der Waals surface area (Å²) in [5, 5.41) is 26.1. The highest BCUT2D eigenvalue weighted by Crippen LogP contribution is 2.44. The van der Waals surface area contributed by atoms with Crippen molar-refractivity contribution < 1.29 is 27.6 Å². The smallest absolute Gasteiger partial charge is 0.269 e. The molecule has 0 aliphatic carbocycles. The number of aromatic nitrogens is 1. The second-order valence-electron chi connectivity index (χ2n) is 10.1. The third-order valence-electron chi connectivity index (χ3n) is 7.02. The zero-order valence-electron chi connectivity index (χ0n) is 22.9. The predicted octanol–water partition coefficient (Wildman–Crippen LogP) is 7.38. The average Bonchev–Trinajstić information content (AvgIpc) is 3.36. The molecule has 1 heterocycles. The Hall–Kier alpha value is -5.10. The number of ether oxygens (including phenoxy) is 1. The summed E-state index contributed by atoms with van der Waals surface area (Å²) in [6.45, 7) is 0.439. The maximum absolute atomic E-state index is 13.4. The number of fused-ring (bicyclic) bond motifs is 5. The van der Waals surface area contributed by atoms with Gasteiger partial charge in [-0.05, 0) is 52.9 Å². The van der Waals surface area contributed by atoms with Crippen LogP contribution in [0.25, 0.3) is 32.6 Å². The monoisotopic (exact) mass is 594 g/mol. The van der Waals surface area contributed by atoms with E-state index in [4.69, 9.17) is 4.74 Å². The summed E-state index contributed by atoms with van der Waals surface area (Å²) in [5.41, 5.74) is 3.76. The maximum atomic E-state index is 13.4. The van der Waals surface area contributed by atoms with Gasteiger partial charge in [-0.1, -0.05) is 54.6 Å². The van der Waals surface area contributed by atoms with Gasteiger partial charge in [0.05, 0.1) is 23.4 Å². The summed E-state index contributed by atoms with van der Waals surface area (Å²) >= 11 is 0. The van der Waals surface area contributed by atoms with Crippen molar-refractivity contribution in [3.8, 4) is 5.75 Å². The van der Waals surface area contributed by atoms with Gasteiger partial charge in [0.1, 0.15) is 11.4 Å². The lowest BCUT2D eigenvalue weighted by molar-refractivity contribution is 0.102. The topological polar surface area (TPSA) is 153 Å². The van der Waals surface area contributed by atoms with Crippen molar-refractivity contribution in [2.75, 3.05) is 12.4 Å². The number of amides is 1. The first-order chi connectivity index (χ1) is 20.7. The summed E-state index contributed by atoms with van der Waals surface area (Å²) in [4.78, 5) is 16.8. The maximum Gasteiger partial charge on any atom is 0.269 e. The minimum absolute atomic E-state index is 0.00185. The van der Waals surface area contributed by atoms with Crippen molar-refractivity contribution in [1.29, 1.82) is 0 Å². The Kier molecular flexibility index (Phi) is 7.36. The van der Waals surface area contributed by atoms with Gasteiger partial charge in [-0.2, -0.15) is 13.5 Å². The van der Waals surface area contributed by atoms with E-state index in [9.17, 15) is 22.9 Å². The summed E-state index contributed by atoms with van der Waals surface area (Å²) in [6.07, 6.45) is 0. The van der Waals surface area contributed by atoms with Crippen LogP contribution in [-0.2, 0) is 27.2 Å². The number of carbonyl (C=O) groups excluding carboxylic acids is 1. The van der Waals surface area contributed by atoms with E-state index in [1.54, 1.807) is 43.5 Å². The molecule has 0 aliphatic heterocycles. The molecule has 1 aromatic heterocycles. The van der Waals surface area contributed by atoms with E-state index in [0.29, 0.717) is 39.8 Å². The fourth-order valence-electron chi connectivity index (χ4n) is 5.13. The Bertz CT molecular complexity index is 2160. The number of hydrogen-bond acceptors (Lipinski definition) is 7. The number of azo groups is 1. The molecule has 0 unspecified atom stereocenters. The minimum Gasteiger partial charge on any atom is -0.505 e. The molecule has 0 spiro atoms. The fraction of sp³-hybridized carbons (Fsp3) is 0.0938. The van der Waals surface area contributed by atoms with E-state index in [2.05, 4.69) is 20.5 Å². The standard InChI is InChI=1S/C32H26N4O6S/c1-42-17-19-9-12-22(13-10-19)33-32(38)26-16-21-11-14-25-24-7-2-3-8-27(24)34-29(25)28(21)30(31(26)37)36-35-23-6-4-5-20(15-23)18-43(39,40)41/h2-16,34,37H,17-18H2,1H3,(H,33,38)(H,39,40,41). The van der Waals surface area contributed by atoms with Gasteiger partial charge in [-0.25, -0.2) is 0 Å². The summed E-state index contributed by atoms with van der Waals surface area (Å²) < 4.78 is 37.2. The van der Waals surface area contributed by atoms with E-state index >= 15 is 0 Å². The Morgan fingerprint density at radius 2 is 1.70 bits per heavy atom. The zero-order valence-corrected chi connectivity index (χ0v) is 23.7. The molecule has 0 fully saturated rings. The quantitative estimate of drug-likeness (QED) is 0.106. The Balaban J connectivity index is 1.49. The number of phenolic OH excluding ortho intramolecular Hbond substituents is 1. The van der Waals surface area contributed by atoms with Crippen LogP contribution >= 0.6 is 0 Å². The average molecular weight is 595 g/mol. The van der Waals surface area contributed by atoms with Gasteiger partial charge in [0, 0.05) is 34.5 Å². The first-order valence-electron chi connectivity index (χ1n) is 13.2. The second-order valence-corrected chi connectivity index (χ2v) is 11.5. The molecule has 10 nitrogen and oxygen atoms in total. The summed E-state index contributed by atoms with van der Waals surface area (Å²) in [5.74, 6) is -1.49. The highest BCUT2D eigenvalue weighted by atomic mass is 32.2. The Morgan fingerprint density at radius 1 is 0.907 bits per heavy atom. The Morgan fingerprint density at radius 3 is 2.47 bits per heavy atom. The molecule has 0 aliphatic rings. The van der Waals surface area contributed by atoms with Crippen molar-refractivity contribution in [2.45, 2.75) is 12.4 Å². The largest absolute Gasteiger partial charge is 0.505 e. The van der Waals surface area contributed by atoms with Crippen LogP contribution in [0, 0.1) is 0 Å². The molecule has 11 heteroatoms. The number of carbonyl (C=O) groups is 1. The predicted molar refractivity (Wildman–Crippen MR) is 166 cm³/mol. The van der Waals surface area contributed by atoms with E-state index in [1.807, 2.05) is 48.5 Å². The molecule has 4 N–H and O–H groups in total. The van der Waals surface area contributed by atoms with E-state index in [1.165, 1.54) is 6.07 Å². The molecule has 0 saturated carbocycles. The molecule has 6 aromatic rings. The number of benzene rings is 5. The minimum atomic E-state index is -4.25. The van der Waals surface area contributed by atoms with E-state index < -0.39 is 21.8 Å². The number of phenols is 1. The molecule has 5 aromatic carbocycles. The lowest BCUT2D eigenvalue weighted by Crippen LogP contribution is -2.12. The molecule has 0 saturated heterocycles. The van der Waals surface area contributed by atoms with Crippen molar-refractivity contribution in [3.63, 3.8) is 0 Å². The zero-order chi connectivity index (χ0) is 30.1. The van der Waals surface area contributed by atoms with Gasteiger partial charge in [-0.15, -0.1) is 5.11 Å². The Labute approximate surface area is 246 Å². The van der Waals surface area contributed by atoms with Crippen molar-refractivity contribution in [3.05, 3.63) is 108 Å². The number of aromatic amines is 1. The number of aromatic hydroxyl groups is 1. The number of para-hydroxylation sites is 1. The van der Waals surface area contributed by atoms with Crippen LogP contribution in [0.1, 0.15) is 21.5 Å². The lowest BCUT2D eigenvalue weighted by atomic mass is 10.00. The number of nitrogens with one attached hydrogen (secondary N) is 2. The van der Waals surface area contributed by atoms with Crippen LogP contribution in [0.5, 0.6) is 5.75 Å². The third-order valence-corrected chi connectivity index (χ3v) is 7.72. The molecular formula is C32H26N4O6S. The SMILES string of the molecule is COCc1ccc(NC(=O)c2cc3ccc4c5ccccc5[nH]c4c3c(N=Nc3cccc(CS(=O)(=O)O)c3)c2O)cc1. The number of H-pyrrole nitrogens is 1. The normalized spacial score (nSPS) is 12.0. The highest BCUT2D eigenvalue weighted by Gasteiger charge is 2.21. The molecule has 43 heavy (non-hydrogen) atoms. The fourth-order valence-corrected chi connectivity index (χ4v) is 5.73. The lowest BCUT2D eigenvalue weighted by Gasteiger charge is -2.12. The molecular weight excluding hydrogens is 568 g/mol. The third kappa shape index (κ3) is 5.82. The molecule has 0 bridgehead atoms. The number of anilines is 1. The molecule has 1 amide bonds. The van der Waals surface area contributed by atoms with Crippen LogP contribution < -0.4 is 5.32 Å². The van der Waals surface area contributed by atoms with Crippen LogP contribution in [0.3, 0.4) is 0 Å². The molecule has 216 valence electrons. The second kappa shape index (κ2) is 11.3. The molecule has 0 atom stereocenters. The van der Waals surface area contributed by atoms with Gasteiger partial charge < -0.3 is 20.1 Å². The number of hydrogen-bond donors (Lipinski definition) is 4. The van der Waals surface area contributed by atoms with E-state index in [0.717, 1.165) is 21.9 Å². The molecule has 0 radical (unpaired) electrons. The van der Waals surface area contributed by atoms with E-state index in [-0.39, 0.29) is 17.0 Å². The summed E-state index contributed by atoms with van der Waals surface area (Å²) in [6, 6.07) is 26.6. The van der Waals surface area contributed by atoms with Crippen LogP contribution in [-0.4, -0.2) is 36.1 Å². The van der Waals surface area contributed by atoms with Crippen molar-refractivity contribution >= 4 is 65.7 Å². The highest BCUT2D eigenvalue weighted by molar-refractivity contribution is 7.85. The van der Waals surface area contributed by atoms with Crippen molar-refractivity contribution in [1.82, 2.24) is 4.98 Å².